The highest BCUT2D eigenvalue weighted by Crippen LogP contribution is 2.34. The summed E-state index contributed by atoms with van der Waals surface area (Å²) in [5.41, 5.74) is 2.65. The molecule has 1 aliphatic heterocycles. The Balaban J connectivity index is 0.00000167. The number of nitrogens with zero attached hydrogens (tertiary/aromatic N) is 6. The summed E-state index contributed by atoms with van der Waals surface area (Å²) in [6.07, 6.45) is 7.88. The van der Waals surface area contributed by atoms with Gasteiger partial charge in [0.15, 0.2) is 5.65 Å². The minimum atomic E-state index is 0.326. The number of hydrogen-bond acceptors (Lipinski definition) is 8. The Morgan fingerprint density at radius 1 is 1.11 bits per heavy atom. The molecule has 194 valence electrons. The first-order valence-electron chi connectivity index (χ1n) is 13.3. The van der Waals surface area contributed by atoms with Crippen molar-refractivity contribution in [2.75, 3.05) is 31.6 Å². The van der Waals surface area contributed by atoms with E-state index in [2.05, 4.69) is 58.2 Å². The summed E-state index contributed by atoms with van der Waals surface area (Å²) in [6.45, 7) is 17.8. The first-order chi connectivity index (χ1) is 17.1. The second kappa shape index (κ2) is 13.5. The number of hydrogen-bond donors (Lipinski definition) is 1. The fraction of sp³-hybridized carbons (Fsp3) is 0.692. The molecule has 1 aliphatic rings. The van der Waals surface area contributed by atoms with Crippen molar-refractivity contribution >= 4 is 16.7 Å². The van der Waals surface area contributed by atoms with Gasteiger partial charge in [0.2, 0.25) is 5.89 Å². The molecule has 1 fully saturated rings. The van der Waals surface area contributed by atoms with Crippen molar-refractivity contribution in [1.82, 2.24) is 29.9 Å². The van der Waals surface area contributed by atoms with Crippen LogP contribution in [0.2, 0.25) is 0 Å². The average molecular weight is 486 g/mol. The van der Waals surface area contributed by atoms with E-state index in [1.54, 1.807) is 0 Å². The highest BCUT2D eigenvalue weighted by Gasteiger charge is 2.23. The number of ether oxygens (including phenoxy) is 1. The molecule has 35 heavy (non-hydrogen) atoms. The maximum absolute atomic E-state index is 6.17. The highest BCUT2D eigenvalue weighted by molar-refractivity contribution is 5.96. The molecule has 1 N–H and O–H groups in total. The number of anilines is 1. The second-order valence-electron chi connectivity index (χ2n) is 9.24. The zero-order valence-electron chi connectivity index (χ0n) is 22.4. The predicted octanol–water partition coefficient (Wildman–Crippen LogP) is 5.38. The Morgan fingerprint density at radius 3 is 2.57 bits per heavy atom. The molecule has 9 heteroatoms. The van der Waals surface area contributed by atoms with Gasteiger partial charge in [0.05, 0.1) is 29.4 Å². The number of nitrogens with one attached hydrogen (secondary N) is 1. The molecule has 0 bridgehead atoms. The van der Waals surface area contributed by atoms with Gasteiger partial charge in [-0.25, -0.2) is 9.67 Å². The largest absolute Gasteiger partial charge is 0.419 e. The quantitative estimate of drug-likeness (QED) is 0.387. The van der Waals surface area contributed by atoms with E-state index in [9.17, 15) is 0 Å². The van der Waals surface area contributed by atoms with Crippen LogP contribution in [-0.4, -0.2) is 62.2 Å². The molecule has 0 aromatic carbocycles. The fourth-order valence-corrected chi connectivity index (χ4v) is 4.27. The van der Waals surface area contributed by atoms with Crippen LogP contribution in [0.3, 0.4) is 0 Å². The van der Waals surface area contributed by atoms with Gasteiger partial charge in [0, 0.05) is 32.0 Å². The molecular formula is C26H43N7O2. The molecule has 0 amide bonds. The van der Waals surface area contributed by atoms with E-state index >= 15 is 0 Å². The number of aryl methyl sites for hydroxylation is 1. The van der Waals surface area contributed by atoms with Crippen LogP contribution in [0.1, 0.15) is 73.1 Å². The van der Waals surface area contributed by atoms with Gasteiger partial charge in [0.1, 0.15) is 0 Å². The smallest absolute Gasteiger partial charge is 0.251 e. The van der Waals surface area contributed by atoms with Crippen molar-refractivity contribution in [2.24, 2.45) is 5.92 Å². The van der Waals surface area contributed by atoms with Crippen molar-refractivity contribution in [3.8, 4) is 11.5 Å². The Bertz CT molecular complexity index is 1020. The molecule has 4 heterocycles. The maximum atomic E-state index is 6.17. The third-order valence-corrected chi connectivity index (χ3v) is 6.15. The van der Waals surface area contributed by atoms with Crippen LogP contribution in [0.5, 0.6) is 0 Å². The van der Waals surface area contributed by atoms with Crippen molar-refractivity contribution < 1.29 is 9.15 Å². The van der Waals surface area contributed by atoms with Crippen LogP contribution >= 0.6 is 0 Å². The molecule has 4 rings (SSSR count). The van der Waals surface area contributed by atoms with E-state index in [0.717, 1.165) is 80.8 Å². The summed E-state index contributed by atoms with van der Waals surface area (Å²) in [7, 11) is 0. The van der Waals surface area contributed by atoms with Crippen LogP contribution < -0.4 is 5.32 Å². The minimum Gasteiger partial charge on any atom is -0.419 e. The van der Waals surface area contributed by atoms with Gasteiger partial charge < -0.3 is 14.5 Å². The first kappa shape index (κ1) is 27.1. The molecule has 0 spiro atoms. The van der Waals surface area contributed by atoms with Gasteiger partial charge in [-0.1, -0.05) is 34.6 Å². The lowest BCUT2D eigenvalue weighted by Gasteiger charge is -2.25. The summed E-state index contributed by atoms with van der Waals surface area (Å²) in [5, 5.41) is 18.0. The topological polar surface area (TPSA) is 94.1 Å². The van der Waals surface area contributed by atoms with E-state index in [1.807, 2.05) is 30.9 Å². The Morgan fingerprint density at radius 2 is 1.89 bits per heavy atom. The third kappa shape index (κ3) is 7.01. The SMILES string of the molecule is CC.CCCN(CCC(C)C)Cc1nnc(-c2cnc3c(cnn3CC)c2NC2CCOCC2)o1. The lowest BCUT2D eigenvalue weighted by Crippen LogP contribution is -2.28. The normalized spacial score (nSPS) is 14.5. The maximum Gasteiger partial charge on any atom is 0.251 e. The molecule has 0 radical (unpaired) electrons. The molecule has 9 nitrogen and oxygen atoms in total. The van der Waals surface area contributed by atoms with Crippen LogP contribution in [0.15, 0.2) is 16.8 Å². The van der Waals surface area contributed by atoms with Gasteiger partial charge in [-0.15, -0.1) is 10.2 Å². The summed E-state index contributed by atoms with van der Waals surface area (Å²) in [5.74, 6) is 1.81. The lowest BCUT2D eigenvalue weighted by molar-refractivity contribution is 0.0905. The summed E-state index contributed by atoms with van der Waals surface area (Å²) < 4.78 is 13.6. The van der Waals surface area contributed by atoms with E-state index in [0.29, 0.717) is 30.3 Å². The lowest BCUT2D eigenvalue weighted by atomic mass is 10.1. The number of pyridine rings is 1. The van der Waals surface area contributed by atoms with Crippen molar-refractivity contribution in [1.29, 1.82) is 0 Å². The van der Waals surface area contributed by atoms with Crippen LogP contribution in [0.4, 0.5) is 5.69 Å². The van der Waals surface area contributed by atoms with Crippen molar-refractivity contribution in [3.05, 3.63) is 18.3 Å². The van der Waals surface area contributed by atoms with Crippen LogP contribution in [0, 0.1) is 5.92 Å². The summed E-state index contributed by atoms with van der Waals surface area (Å²) in [6, 6.07) is 0.326. The van der Waals surface area contributed by atoms with E-state index in [1.165, 1.54) is 0 Å². The number of fused-ring (bicyclic) bond motifs is 1. The van der Waals surface area contributed by atoms with Crippen molar-refractivity contribution in [2.45, 2.75) is 86.4 Å². The van der Waals surface area contributed by atoms with Gasteiger partial charge in [-0.3, -0.25) is 4.90 Å². The molecule has 0 unspecified atom stereocenters. The zero-order chi connectivity index (χ0) is 25.2. The first-order valence-corrected chi connectivity index (χ1v) is 13.3. The van der Waals surface area contributed by atoms with Crippen LogP contribution in [-0.2, 0) is 17.8 Å². The Hall–Kier alpha value is -2.52. The molecule has 0 aliphatic carbocycles. The molecule has 0 atom stereocenters. The van der Waals surface area contributed by atoms with E-state index in [4.69, 9.17) is 9.15 Å². The molecule has 3 aromatic heterocycles. The van der Waals surface area contributed by atoms with Gasteiger partial charge in [-0.2, -0.15) is 5.10 Å². The zero-order valence-corrected chi connectivity index (χ0v) is 22.4. The van der Waals surface area contributed by atoms with E-state index < -0.39 is 0 Å². The number of rotatable bonds is 11. The third-order valence-electron chi connectivity index (χ3n) is 6.15. The predicted molar refractivity (Wildman–Crippen MR) is 140 cm³/mol. The van der Waals surface area contributed by atoms with Gasteiger partial charge in [-0.05, 0) is 51.6 Å². The molecule has 1 saturated heterocycles. The number of aromatic nitrogens is 5. The second-order valence-corrected chi connectivity index (χ2v) is 9.24. The Kier molecular flexibility index (Phi) is 10.5. The molecule has 0 saturated carbocycles. The van der Waals surface area contributed by atoms with Gasteiger partial charge in [0.25, 0.3) is 5.89 Å². The highest BCUT2D eigenvalue weighted by atomic mass is 16.5. The van der Waals surface area contributed by atoms with Crippen LogP contribution in [0.25, 0.3) is 22.5 Å². The standard InChI is InChI=1S/C24H37N7O2.C2H6/c1-5-10-30(11-7-17(3)4)16-21-28-29-24(33-21)20-14-25-23-19(15-26-31(23)6-2)22(20)27-18-8-12-32-13-9-18;1-2/h14-15,17-18H,5-13,16H2,1-4H3,(H,25,27);1-2H3. The fourth-order valence-electron chi connectivity index (χ4n) is 4.27. The van der Waals surface area contributed by atoms with Gasteiger partial charge >= 0.3 is 0 Å². The molecule has 3 aromatic rings. The molecular weight excluding hydrogens is 442 g/mol. The Labute approximate surface area is 209 Å². The summed E-state index contributed by atoms with van der Waals surface area (Å²) in [4.78, 5) is 7.08. The van der Waals surface area contributed by atoms with Crippen molar-refractivity contribution in [3.63, 3.8) is 0 Å². The average Bonchev–Trinajstić information content (AvgIpc) is 3.52. The summed E-state index contributed by atoms with van der Waals surface area (Å²) >= 11 is 0. The van der Waals surface area contributed by atoms with E-state index in [-0.39, 0.29) is 0 Å². The monoisotopic (exact) mass is 485 g/mol. The minimum absolute atomic E-state index is 0.326.